The lowest BCUT2D eigenvalue weighted by Gasteiger charge is -2.32. The highest BCUT2D eigenvalue weighted by Gasteiger charge is 2.54. The van der Waals surface area contributed by atoms with E-state index in [9.17, 15) is 24.5 Å². The predicted octanol–water partition coefficient (Wildman–Crippen LogP) is 4.34. The van der Waals surface area contributed by atoms with E-state index >= 15 is 0 Å². The van der Waals surface area contributed by atoms with Gasteiger partial charge in [-0.3, -0.25) is 29.6 Å². The highest BCUT2D eigenvalue weighted by Crippen LogP contribution is 2.38. The number of hydrogen-bond acceptors (Lipinski definition) is 9. The van der Waals surface area contributed by atoms with E-state index in [-0.39, 0.29) is 29.7 Å². The first-order valence-corrected chi connectivity index (χ1v) is 14.2. The number of hydrogen-bond donors (Lipinski definition) is 2. The van der Waals surface area contributed by atoms with Gasteiger partial charge in [0, 0.05) is 17.7 Å². The van der Waals surface area contributed by atoms with Gasteiger partial charge >= 0.3 is 13.2 Å². The van der Waals surface area contributed by atoms with E-state index in [2.05, 4.69) is 15.6 Å². The molecule has 2 N–H and O–H groups in total. The van der Waals surface area contributed by atoms with E-state index in [1.54, 1.807) is 24.3 Å². The molecule has 0 saturated carbocycles. The number of carbonyl (C=O) groups is 2. The van der Waals surface area contributed by atoms with Gasteiger partial charge in [-0.25, -0.2) is 9.78 Å². The van der Waals surface area contributed by atoms with E-state index in [0.717, 1.165) is 16.3 Å². The number of rotatable bonds is 10. The molecule has 13 nitrogen and oxygen atoms in total. The van der Waals surface area contributed by atoms with Gasteiger partial charge in [0.15, 0.2) is 0 Å². The van der Waals surface area contributed by atoms with Gasteiger partial charge in [-0.2, -0.15) is 0 Å². The second-order valence-electron chi connectivity index (χ2n) is 11.8. The smallest absolute Gasteiger partial charge is 0.444 e. The van der Waals surface area contributed by atoms with Crippen LogP contribution in [-0.2, 0) is 32.0 Å². The fourth-order valence-corrected chi connectivity index (χ4v) is 4.52. The summed E-state index contributed by atoms with van der Waals surface area (Å²) in [6.45, 7) is 11.0. The zero-order valence-electron chi connectivity index (χ0n) is 25.5. The summed E-state index contributed by atoms with van der Waals surface area (Å²) in [5.74, 6) is -1.11. The Morgan fingerprint density at radius 1 is 1.05 bits per heavy atom. The summed E-state index contributed by atoms with van der Waals surface area (Å²) in [7, 11) is -0.736. The van der Waals surface area contributed by atoms with Crippen LogP contribution in [0.5, 0.6) is 0 Å². The van der Waals surface area contributed by atoms with Crippen LogP contribution < -0.4 is 16.2 Å². The van der Waals surface area contributed by atoms with Crippen molar-refractivity contribution in [3.05, 3.63) is 86.8 Å². The first-order valence-electron chi connectivity index (χ1n) is 14.2. The minimum absolute atomic E-state index is 0.0207. The molecule has 2 aromatic carbocycles. The van der Waals surface area contributed by atoms with Gasteiger partial charge in [-0.1, -0.05) is 44.2 Å². The Hall–Kier alpha value is -4.56. The van der Waals surface area contributed by atoms with Gasteiger partial charge < -0.3 is 19.4 Å². The largest absolute Gasteiger partial charge is 0.482 e. The van der Waals surface area contributed by atoms with Gasteiger partial charge in [0.1, 0.15) is 24.7 Å². The van der Waals surface area contributed by atoms with Crippen molar-refractivity contribution < 1.29 is 28.6 Å². The Bertz CT molecular complexity index is 1560. The lowest BCUT2D eigenvalue weighted by Crippen LogP contribution is -2.52. The number of nitrogens with one attached hydrogen (secondary N) is 2. The summed E-state index contributed by atoms with van der Waals surface area (Å²) >= 11 is 0. The van der Waals surface area contributed by atoms with Crippen molar-refractivity contribution in [1.29, 1.82) is 0 Å². The molecule has 3 aromatic rings. The maximum Gasteiger partial charge on any atom is 0.482 e. The van der Waals surface area contributed by atoms with E-state index < -0.39 is 53.3 Å². The predicted molar refractivity (Wildman–Crippen MR) is 164 cm³/mol. The Labute approximate surface area is 255 Å². The molecule has 1 aliphatic rings. The number of anilines is 1. The molecule has 44 heavy (non-hydrogen) atoms. The summed E-state index contributed by atoms with van der Waals surface area (Å²) in [5.41, 5.74) is -1.22. The summed E-state index contributed by atoms with van der Waals surface area (Å²) in [4.78, 5) is 54.6. The Kier molecular flexibility index (Phi) is 9.55. The lowest BCUT2D eigenvalue weighted by atomic mass is 9.72. The maximum atomic E-state index is 13.6. The molecule has 2 amide bonds. The second-order valence-corrected chi connectivity index (χ2v) is 11.8. The third-order valence-electron chi connectivity index (χ3n) is 7.75. The van der Waals surface area contributed by atoms with Crippen LogP contribution in [-0.4, -0.2) is 50.7 Å². The number of ether oxygens (including phenoxy) is 1. The number of amides is 2. The van der Waals surface area contributed by atoms with Gasteiger partial charge in [0.25, 0.3) is 11.2 Å². The molecule has 1 fully saturated rings. The third kappa shape index (κ3) is 7.32. The number of non-ortho nitro benzene ring substituents is 1. The third-order valence-corrected chi connectivity index (χ3v) is 7.75. The molecule has 2 heterocycles. The molecule has 0 aliphatic carbocycles. The molecule has 1 saturated heterocycles. The molecular weight excluding hydrogens is 569 g/mol. The van der Waals surface area contributed by atoms with Gasteiger partial charge in [0.2, 0.25) is 5.91 Å². The molecule has 1 aliphatic heterocycles. The maximum absolute atomic E-state index is 13.6. The fraction of sp³-hybridized carbons (Fsp3) is 0.400. The Morgan fingerprint density at radius 3 is 2.23 bits per heavy atom. The molecule has 1 atom stereocenters. The molecule has 0 radical (unpaired) electrons. The molecule has 4 rings (SSSR count). The molecular formula is C30H36BN5O8. The zero-order chi connectivity index (χ0) is 32.2. The number of nitro benzene ring substituents is 1. The van der Waals surface area contributed by atoms with E-state index in [1.165, 1.54) is 24.3 Å². The molecule has 14 heteroatoms. The normalized spacial score (nSPS) is 15.9. The summed E-state index contributed by atoms with van der Waals surface area (Å²) in [5, 5.41) is 16.5. The van der Waals surface area contributed by atoms with Crippen LogP contribution in [0.4, 0.5) is 16.2 Å². The average Bonchev–Trinajstić information content (AvgIpc) is 3.19. The van der Waals surface area contributed by atoms with Crippen molar-refractivity contribution in [1.82, 2.24) is 14.9 Å². The topological polar surface area (TPSA) is 164 Å². The van der Waals surface area contributed by atoms with Crippen LogP contribution in [0.15, 0.2) is 65.6 Å². The van der Waals surface area contributed by atoms with E-state index in [0.29, 0.717) is 5.56 Å². The van der Waals surface area contributed by atoms with Crippen LogP contribution in [0.2, 0.25) is 0 Å². The van der Waals surface area contributed by atoms with Crippen molar-refractivity contribution in [2.24, 2.45) is 5.92 Å². The number of benzene rings is 2. The molecule has 0 spiro atoms. The zero-order valence-corrected chi connectivity index (χ0v) is 25.5. The second kappa shape index (κ2) is 13.0. The van der Waals surface area contributed by atoms with Crippen molar-refractivity contribution in [2.75, 3.05) is 5.32 Å². The van der Waals surface area contributed by atoms with Gasteiger partial charge in [0.05, 0.1) is 28.3 Å². The summed E-state index contributed by atoms with van der Waals surface area (Å²) in [6.07, 6.45) is 0.269. The monoisotopic (exact) mass is 605 g/mol. The van der Waals surface area contributed by atoms with E-state index in [4.69, 9.17) is 14.0 Å². The number of nitro groups is 1. The minimum Gasteiger partial charge on any atom is -0.444 e. The van der Waals surface area contributed by atoms with Crippen LogP contribution >= 0.6 is 0 Å². The van der Waals surface area contributed by atoms with Crippen LogP contribution in [0, 0.1) is 16.0 Å². The molecule has 0 bridgehead atoms. The minimum atomic E-state index is -0.882. The quantitative estimate of drug-likeness (QED) is 0.194. The number of aromatic nitrogens is 2. The molecule has 232 valence electrons. The summed E-state index contributed by atoms with van der Waals surface area (Å²) < 4.78 is 18.7. The van der Waals surface area contributed by atoms with Crippen molar-refractivity contribution in [3.63, 3.8) is 0 Å². The van der Waals surface area contributed by atoms with Crippen LogP contribution in [0.25, 0.3) is 11.4 Å². The van der Waals surface area contributed by atoms with Crippen molar-refractivity contribution in [2.45, 2.75) is 71.8 Å². The lowest BCUT2D eigenvalue weighted by molar-refractivity contribution is -0.384. The Balaban J connectivity index is 1.60. The SMILES string of the molecule is CC(C)C(NC(=O)Cn1c(-c2ccc([N+](=O)[O-])cc2)ncc(NC(=O)OCc2ccccc2)c1=O)B1OC(C)(C)C(C)(C)O1. The first-order chi connectivity index (χ1) is 20.7. The van der Waals surface area contributed by atoms with E-state index in [1.807, 2.05) is 47.6 Å². The van der Waals surface area contributed by atoms with Crippen LogP contribution in [0.3, 0.4) is 0 Å². The highest BCUT2D eigenvalue weighted by atomic mass is 16.7. The Morgan fingerprint density at radius 2 is 1.66 bits per heavy atom. The van der Waals surface area contributed by atoms with Gasteiger partial charge in [-0.15, -0.1) is 0 Å². The number of carbonyl (C=O) groups excluding carboxylic acids is 2. The molecule has 1 unspecified atom stereocenters. The highest BCUT2D eigenvalue weighted by molar-refractivity contribution is 6.48. The van der Waals surface area contributed by atoms with Crippen molar-refractivity contribution in [3.8, 4) is 11.4 Å². The van der Waals surface area contributed by atoms with Gasteiger partial charge in [-0.05, 0) is 51.3 Å². The first kappa shape index (κ1) is 32.4. The summed E-state index contributed by atoms with van der Waals surface area (Å²) in [6, 6.07) is 14.4. The number of nitrogens with zero attached hydrogens (tertiary/aromatic N) is 3. The standard InChI is InChI=1S/C30H36BN5O8/c1-19(2)25(31-43-29(3,4)30(5,6)44-31)34-24(37)17-35-26(21-12-14-22(15-13-21)36(40)41)32-16-23(27(35)38)33-28(39)42-18-20-10-8-7-9-11-20/h7-16,19,25H,17-18H2,1-6H3,(H,33,39)(H,34,37). The average molecular weight is 605 g/mol. The molecule has 1 aromatic heterocycles. The van der Waals surface area contributed by atoms with Crippen LogP contribution in [0.1, 0.15) is 47.1 Å². The van der Waals surface area contributed by atoms with Crippen molar-refractivity contribution >= 4 is 30.5 Å². The fourth-order valence-electron chi connectivity index (χ4n) is 4.52.